The average molecular weight is 552 g/mol. The molecule has 0 aliphatic rings. The van der Waals surface area contributed by atoms with Gasteiger partial charge in [0.05, 0.1) is 22.1 Å². The quantitative estimate of drug-likeness (QED) is 0.218. The van der Waals surface area contributed by atoms with Gasteiger partial charge in [0.15, 0.2) is 0 Å². The summed E-state index contributed by atoms with van der Waals surface area (Å²) in [5.74, 6) is 0. The SMILES string of the molecule is c1cc(-c2cccc3ccccc23)cc(N(c2cccc3oc4ccccc4c23)c2cccc3oc4ccccc4c23)c1. The third kappa shape index (κ3) is 3.68. The van der Waals surface area contributed by atoms with Crippen molar-refractivity contribution in [3.8, 4) is 11.1 Å². The zero-order chi connectivity index (χ0) is 28.3. The number of benzene rings is 7. The number of fused-ring (bicyclic) bond motifs is 7. The molecule has 9 aromatic rings. The van der Waals surface area contributed by atoms with Crippen molar-refractivity contribution in [1.82, 2.24) is 0 Å². The van der Waals surface area contributed by atoms with Crippen LogP contribution in [0.5, 0.6) is 0 Å². The summed E-state index contributed by atoms with van der Waals surface area (Å²) in [6, 6.07) is 53.1. The molecule has 202 valence electrons. The Balaban J connectivity index is 1.37. The molecule has 43 heavy (non-hydrogen) atoms. The molecule has 0 radical (unpaired) electrons. The summed E-state index contributed by atoms with van der Waals surface area (Å²) in [6.45, 7) is 0. The van der Waals surface area contributed by atoms with Crippen LogP contribution in [0.1, 0.15) is 0 Å². The van der Waals surface area contributed by atoms with Crippen LogP contribution in [0.2, 0.25) is 0 Å². The molecule has 3 heteroatoms. The van der Waals surface area contributed by atoms with Crippen molar-refractivity contribution in [2.45, 2.75) is 0 Å². The summed E-state index contributed by atoms with van der Waals surface area (Å²) in [5, 5.41) is 6.81. The van der Waals surface area contributed by atoms with Gasteiger partial charge in [-0.05, 0) is 70.4 Å². The lowest BCUT2D eigenvalue weighted by Gasteiger charge is -2.27. The van der Waals surface area contributed by atoms with E-state index in [9.17, 15) is 0 Å². The molecule has 0 fully saturated rings. The van der Waals surface area contributed by atoms with E-state index in [0.717, 1.165) is 66.5 Å². The van der Waals surface area contributed by atoms with E-state index >= 15 is 0 Å². The minimum absolute atomic E-state index is 0.859. The topological polar surface area (TPSA) is 29.5 Å². The fourth-order valence-electron chi connectivity index (χ4n) is 6.58. The molecule has 0 saturated carbocycles. The smallest absolute Gasteiger partial charge is 0.137 e. The number of anilines is 3. The molecule has 0 N–H and O–H groups in total. The van der Waals surface area contributed by atoms with Crippen molar-refractivity contribution in [1.29, 1.82) is 0 Å². The van der Waals surface area contributed by atoms with E-state index in [1.165, 1.54) is 16.3 Å². The van der Waals surface area contributed by atoms with E-state index in [0.29, 0.717) is 0 Å². The monoisotopic (exact) mass is 551 g/mol. The van der Waals surface area contributed by atoms with E-state index in [-0.39, 0.29) is 0 Å². The minimum atomic E-state index is 0.859. The van der Waals surface area contributed by atoms with E-state index in [2.05, 4.69) is 132 Å². The van der Waals surface area contributed by atoms with Gasteiger partial charge in [-0.25, -0.2) is 0 Å². The van der Waals surface area contributed by atoms with Gasteiger partial charge in [0, 0.05) is 16.5 Å². The van der Waals surface area contributed by atoms with Crippen molar-refractivity contribution in [2.24, 2.45) is 0 Å². The summed E-state index contributed by atoms with van der Waals surface area (Å²) < 4.78 is 12.7. The second kappa shape index (κ2) is 9.37. The van der Waals surface area contributed by atoms with E-state index in [1.807, 2.05) is 24.3 Å². The van der Waals surface area contributed by atoms with Crippen molar-refractivity contribution in [3.05, 3.63) is 152 Å². The minimum Gasteiger partial charge on any atom is -0.456 e. The van der Waals surface area contributed by atoms with Gasteiger partial charge in [0.1, 0.15) is 22.3 Å². The van der Waals surface area contributed by atoms with E-state index in [1.54, 1.807) is 0 Å². The Kier molecular flexibility index (Phi) is 5.20. The highest BCUT2D eigenvalue weighted by Gasteiger charge is 2.23. The Hall–Kier alpha value is -5.80. The molecule has 0 atom stereocenters. The first-order chi connectivity index (χ1) is 21.3. The largest absolute Gasteiger partial charge is 0.456 e. The van der Waals surface area contributed by atoms with Crippen LogP contribution in [0, 0.1) is 0 Å². The summed E-state index contributed by atoms with van der Waals surface area (Å²) in [7, 11) is 0. The zero-order valence-electron chi connectivity index (χ0n) is 23.2. The summed E-state index contributed by atoms with van der Waals surface area (Å²) in [6.07, 6.45) is 0. The summed E-state index contributed by atoms with van der Waals surface area (Å²) >= 11 is 0. The maximum absolute atomic E-state index is 6.35. The van der Waals surface area contributed by atoms with Crippen molar-refractivity contribution in [2.75, 3.05) is 4.90 Å². The van der Waals surface area contributed by atoms with Gasteiger partial charge in [-0.15, -0.1) is 0 Å². The Morgan fingerprint density at radius 2 is 0.907 bits per heavy atom. The molecule has 0 spiro atoms. The Morgan fingerprint density at radius 3 is 1.58 bits per heavy atom. The molecule has 0 aliphatic heterocycles. The first kappa shape index (κ1) is 23.9. The molecule has 0 unspecified atom stereocenters. The maximum atomic E-state index is 6.35. The zero-order valence-corrected chi connectivity index (χ0v) is 23.2. The van der Waals surface area contributed by atoms with Gasteiger partial charge < -0.3 is 13.7 Å². The average Bonchev–Trinajstić information content (AvgIpc) is 3.64. The number of hydrogen-bond donors (Lipinski definition) is 0. The molecule has 0 bridgehead atoms. The lowest BCUT2D eigenvalue weighted by atomic mass is 9.97. The van der Waals surface area contributed by atoms with E-state index < -0.39 is 0 Å². The van der Waals surface area contributed by atoms with Gasteiger partial charge >= 0.3 is 0 Å². The summed E-state index contributed by atoms with van der Waals surface area (Å²) in [4.78, 5) is 2.36. The van der Waals surface area contributed by atoms with Gasteiger partial charge in [0.25, 0.3) is 0 Å². The van der Waals surface area contributed by atoms with Crippen LogP contribution >= 0.6 is 0 Å². The number of para-hydroxylation sites is 2. The lowest BCUT2D eigenvalue weighted by Crippen LogP contribution is -2.11. The number of furan rings is 2. The predicted molar refractivity (Wildman–Crippen MR) is 179 cm³/mol. The van der Waals surface area contributed by atoms with Crippen LogP contribution in [0.3, 0.4) is 0 Å². The normalized spacial score (nSPS) is 11.7. The molecule has 0 aliphatic carbocycles. The van der Waals surface area contributed by atoms with Gasteiger partial charge in [-0.3, -0.25) is 0 Å². The molecule has 2 heterocycles. The van der Waals surface area contributed by atoms with Crippen molar-refractivity contribution >= 4 is 71.7 Å². The van der Waals surface area contributed by atoms with Crippen LogP contribution < -0.4 is 4.90 Å². The molecular formula is C40H25NO2. The first-order valence-corrected chi connectivity index (χ1v) is 14.5. The standard InChI is InChI=1S/C40H25NO2/c1-2-15-29-26(11-1)12-8-18-30(29)27-13-7-14-28(25-27)41(33-19-9-23-37-39(33)31-16-3-5-21-35(31)42-37)34-20-10-24-38-40(34)32-17-4-6-22-36(32)43-38/h1-25H. The number of nitrogens with zero attached hydrogens (tertiary/aromatic N) is 1. The van der Waals surface area contributed by atoms with Crippen LogP contribution in [0.25, 0.3) is 65.8 Å². The molecule has 0 saturated heterocycles. The maximum Gasteiger partial charge on any atom is 0.137 e. The van der Waals surface area contributed by atoms with Gasteiger partial charge in [-0.1, -0.05) is 103 Å². The molecular weight excluding hydrogens is 526 g/mol. The van der Waals surface area contributed by atoms with Gasteiger partial charge in [0.2, 0.25) is 0 Å². The lowest BCUT2D eigenvalue weighted by molar-refractivity contribution is 0.668. The van der Waals surface area contributed by atoms with Crippen molar-refractivity contribution in [3.63, 3.8) is 0 Å². The predicted octanol–water partition coefficient (Wildman–Crippen LogP) is 11.8. The van der Waals surface area contributed by atoms with Crippen LogP contribution in [0.15, 0.2) is 160 Å². The second-order valence-electron chi connectivity index (χ2n) is 10.9. The fourth-order valence-corrected chi connectivity index (χ4v) is 6.58. The Bertz CT molecular complexity index is 2360. The molecule has 9 rings (SSSR count). The second-order valence-corrected chi connectivity index (χ2v) is 10.9. The Morgan fingerprint density at radius 1 is 0.395 bits per heavy atom. The highest BCUT2D eigenvalue weighted by Crippen LogP contribution is 2.47. The van der Waals surface area contributed by atoms with Crippen LogP contribution in [-0.4, -0.2) is 0 Å². The Labute approximate surface area is 247 Å². The van der Waals surface area contributed by atoms with Gasteiger partial charge in [-0.2, -0.15) is 0 Å². The van der Waals surface area contributed by atoms with Crippen LogP contribution in [0.4, 0.5) is 17.1 Å². The molecule has 7 aromatic carbocycles. The number of hydrogen-bond acceptors (Lipinski definition) is 3. The number of rotatable bonds is 4. The summed E-state index contributed by atoms with van der Waals surface area (Å²) in [5.41, 5.74) is 9.00. The molecule has 0 amide bonds. The fraction of sp³-hybridized carbons (Fsp3) is 0. The highest BCUT2D eigenvalue weighted by molar-refractivity contribution is 6.17. The molecule has 3 nitrogen and oxygen atoms in total. The third-order valence-corrected chi connectivity index (χ3v) is 8.45. The highest BCUT2D eigenvalue weighted by atomic mass is 16.3. The third-order valence-electron chi connectivity index (χ3n) is 8.45. The van der Waals surface area contributed by atoms with Crippen molar-refractivity contribution < 1.29 is 8.83 Å². The first-order valence-electron chi connectivity index (χ1n) is 14.5. The molecule has 2 aromatic heterocycles. The van der Waals surface area contributed by atoms with E-state index in [4.69, 9.17) is 8.83 Å². The van der Waals surface area contributed by atoms with Crippen LogP contribution in [-0.2, 0) is 0 Å².